The second-order valence-corrected chi connectivity index (χ2v) is 6.75. The summed E-state index contributed by atoms with van der Waals surface area (Å²) >= 11 is 4.64. The van der Waals surface area contributed by atoms with E-state index in [1.165, 1.54) is 23.6 Å². The van der Waals surface area contributed by atoms with E-state index in [9.17, 15) is 9.18 Å². The van der Waals surface area contributed by atoms with Crippen molar-refractivity contribution in [2.75, 3.05) is 11.9 Å². The third-order valence-corrected chi connectivity index (χ3v) is 4.54. The van der Waals surface area contributed by atoms with Crippen molar-refractivity contribution in [3.63, 3.8) is 0 Å². The highest BCUT2D eigenvalue weighted by atomic mass is 79.9. The topological polar surface area (TPSA) is 66.4 Å². The lowest BCUT2D eigenvalue weighted by molar-refractivity contribution is -0.119. The number of hydrogen-bond donors (Lipinski definition) is 2. The van der Waals surface area contributed by atoms with Gasteiger partial charge < -0.3 is 5.32 Å². The summed E-state index contributed by atoms with van der Waals surface area (Å²) in [5.74, 6) is -0.766. The summed E-state index contributed by atoms with van der Waals surface area (Å²) in [6, 6.07) is 12.3. The number of halogens is 2. The van der Waals surface area contributed by atoms with E-state index in [-0.39, 0.29) is 18.0 Å². The first-order chi connectivity index (χ1) is 11.6. The molecule has 0 aliphatic carbocycles. The highest BCUT2D eigenvalue weighted by Gasteiger charge is 2.05. The molecule has 0 saturated carbocycles. The molecule has 0 fully saturated rings. The van der Waals surface area contributed by atoms with Crippen LogP contribution in [0, 0.1) is 5.82 Å². The smallest absolute Gasteiger partial charge is 0.259 e. The molecule has 0 aliphatic heterocycles. The maximum atomic E-state index is 13.6. The van der Waals surface area contributed by atoms with Crippen molar-refractivity contribution >= 4 is 54.7 Å². The van der Waals surface area contributed by atoms with Gasteiger partial charge in [0.25, 0.3) is 5.91 Å². The lowest BCUT2D eigenvalue weighted by Crippen LogP contribution is -2.25. The van der Waals surface area contributed by atoms with E-state index in [1.807, 2.05) is 24.3 Å². The Morgan fingerprint density at radius 3 is 2.96 bits per heavy atom. The maximum absolute atomic E-state index is 13.6. The van der Waals surface area contributed by atoms with E-state index in [0.717, 1.165) is 10.2 Å². The minimum Gasteiger partial charge on any atom is -0.352 e. The van der Waals surface area contributed by atoms with E-state index in [2.05, 4.69) is 36.8 Å². The number of aromatic nitrogens is 1. The van der Waals surface area contributed by atoms with Crippen LogP contribution in [0.25, 0.3) is 10.2 Å². The SMILES string of the molecule is O=C(CNc1nc2ccccc2s1)N/N=C\c1ccc(Br)cc1F. The number of anilines is 1. The number of fused-ring (bicyclic) bond motifs is 1. The van der Waals surface area contributed by atoms with Crippen LogP contribution in [0.5, 0.6) is 0 Å². The van der Waals surface area contributed by atoms with Crippen molar-refractivity contribution in [1.29, 1.82) is 0 Å². The zero-order valence-electron chi connectivity index (χ0n) is 12.3. The molecule has 0 atom stereocenters. The number of nitrogens with one attached hydrogen (secondary N) is 2. The van der Waals surface area contributed by atoms with Gasteiger partial charge in [-0.1, -0.05) is 39.4 Å². The predicted molar refractivity (Wildman–Crippen MR) is 97.9 cm³/mol. The number of nitrogens with zero attached hydrogens (tertiary/aromatic N) is 2. The highest BCUT2D eigenvalue weighted by molar-refractivity contribution is 9.10. The fourth-order valence-electron chi connectivity index (χ4n) is 1.92. The fraction of sp³-hybridized carbons (Fsp3) is 0.0625. The Morgan fingerprint density at radius 1 is 1.33 bits per heavy atom. The van der Waals surface area contributed by atoms with Crippen LogP contribution in [-0.2, 0) is 4.79 Å². The minimum atomic E-state index is -0.421. The van der Waals surface area contributed by atoms with Crippen molar-refractivity contribution in [3.05, 3.63) is 58.3 Å². The first kappa shape index (κ1) is 16.5. The molecule has 3 aromatic rings. The Morgan fingerprint density at radius 2 is 2.17 bits per heavy atom. The van der Waals surface area contributed by atoms with Crippen molar-refractivity contribution in [3.8, 4) is 0 Å². The van der Waals surface area contributed by atoms with Crippen LogP contribution in [-0.4, -0.2) is 23.7 Å². The van der Waals surface area contributed by atoms with Gasteiger partial charge in [-0.25, -0.2) is 14.8 Å². The molecule has 0 unspecified atom stereocenters. The molecular formula is C16H12BrFN4OS. The number of hydrogen-bond acceptors (Lipinski definition) is 5. The molecule has 0 aliphatic rings. The molecule has 0 radical (unpaired) electrons. The third kappa shape index (κ3) is 4.15. The third-order valence-electron chi connectivity index (χ3n) is 3.05. The largest absolute Gasteiger partial charge is 0.352 e. The van der Waals surface area contributed by atoms with Crippen molar-refractivity contribution < 1.29 is 9.18 Å². The molecule has 122 valence electrons. The van der Waals surface area contributed by atoms with E-state index in [1.54, 1.807) is 12.1 Å². The Balaban J connectivity index is 1.53. The summed E-state index contributed by atoms with van der Waals surface area (Å²) in [4.78, 5) is 16.1. The summed E-state index contributed by atoms with van der Waals surface area (Å²) in [5.41, 5.74) is 3.52. The Kier molecular flexibility index (Phi) is 5.17. The van der Waals surface area contributed by atoms with Crippen LogP contribution in [0.4, 0.5) is 9.52 Å². The number of hydrazone groups is 1. The van der Waals surface area contributed by atoms with Crippen LogP contribution >= 0.6 is 27.3 Å². The molecule has 0 saturated heterocycles. The normalized spacial score (nSPS) is 11.1. The Labute approximate surface area is 149 Å². The Bertz CT molecular complexity index is 879. The minimum absolute atomic E-state index is 0.0278. The number of thiazole rings is 1. The number of benzene rings is 2. The van der Waals surface area contributed by atoms with Crippen LogP contribution in [0.15, 0.2) is 52.0 Å². The average molecular weight is 407 g/mol. The first-order valence-electron chi connectivity index (χ1n) is 6.98. The summed E-state index contributed by atoms with van der Waals surface area (Å²) in [6.45, 7) is 0.0278. The molecule has 0 bridgehead atoms. The molecule has 2 N–H and O–H groups in total. The maximum Gasteiger partial charge on any atom is 0.259 e. The molecule has 0 spiro atoms. The van der Waals surface area contributed by atoms with E-state index < -0.39 is 5.82 Å². The number of amides is 1. The number of carbonyl (C=O) groups is 1. The van der Waals surface area contributed by atoms with E-state index >= 15 is 0 Å². The molecule has 5 nitrogen and oxygen atoms in total. The second-order valence-electron chi connectivity index (χ2n) is 4.80. The summed E-state index contributed by atoms with van der Waals surface area (Å²) in [7, 11) is 0. The zero-order valence-corrected chi connectivity index (χ0v) is 14.7. The van der Waals surface area contributed by atoms with Gasteiger partial charge in [-0.15, -0.1) is 0 Å². The zero-order chi connectivity index (χ0) is 16.9. The van der Waals surface area contributed by atoms with Gasteiger partial charge in [0.15, 0.2) is 5.13 Å². The number of carbonyl (C=O) groups excluding carboxylic acids is 1. The van der Waals surface area contributed by atoms with Gasteiger partial charge in [-0.3, -0.25) is 4.79 Å². The van der Waals surface area contributed by atoms with Gasteiger partial charge in [0.2, 0.25) is 0 Å². The van der Waals surface area contributed by atoms with E-state index in [0.29, 0.717) is 9.60 Å². The van der Waals surface area contributed by atoms with Crippen molar-refractivity contribution in [2.45, 2.75) is 0 Å². The van der Waals surface area contributed by atoms with Crippen LogP contribution in [0.3, 0.4) is 0 Å². The summed E-state index contributed by atoms with van der Waals surface area (Å²) in [5, 5.41) is 7.35. The van der Waals surface area contributed by atoms with Gasteiger partial charge >= 0.3 is 0 Å². The van der Waals surface area contributed by atoms with Gasteiger partial charge in [0.05, 0.1) is 23.0 Å². The lowest BCUT2D eigenvalue weighted by atomic mass is 10.2. The fourth-order valence-corrected chi connectivity index (χ4v) is 3.12. The summed E-state index contributed by atoms with van der Waals surface area (Å²) in [6.07, 6.45) is 1.26. The standard InChI is InChI=1S/C16H12BrFN4OS/c17-11-6-5-10(12(18)7-11)8-20-22-15(23)9-19-16-21-13-3-1-2-4-14(13)24-16/h1-8H,9H2,(H,19,21)(H,22,23)/b20-8-. The molecule has 2 aromatic carbocycles. The molecule has 1 amide bonds. The van der Waals surface area contributed by atoms with E-state index in [4.69, 9.17) is 0 Å². The average Bonchev–Trinajstić information content (AvgIpc) is 2.98. The van der Waals surface area contributed by atoms with Gasteiger partial charge in [0.1, 0.15) is 5.82 Å². The molecule has 8 heteroatoms. The molecule has 24 heavy (non-hydrogen) atoms. The number of para-hydroxylation sites is 1. The lowest BCUT2D eigenvalue weighted by Gasteiger charge is -2.01. The van der Waals surface area contributed by atoms with Crippen LogP contribution in [0.1, 0.15) is 5.56 Å². The number of rotatable bonds is 5. The second kappa shape index (κ2) is 7.50. The van der Waals surface area contributed by atoms with Gasteiger partial charge in [-0.05, 0) is 30.3 Å². The molecule has 1 aromatic heterocycles. The molecule has 3 rings (SSSR count). The Hall–Kier alpha value is -2.32. The van der Waals surface area contributed by atoms with Crippen molar-refractivity contribution in [2.24, 2.45) is 5.10 Å². The van der Waals surface area contributed by atoms with Crippen molar-refractivity contribution in [1.82, 2.24) is 10.4 Å². The first-order valence-corrected chi connectivity index (χ1v) is 8.59. The van der Waals surface area contributed by atoms with Gasteiger partial charge in [0, 0.05) is 10.0 Å². The highest BCUT2D eigenvalue weighted by Crippen LogP contribution is 2.24. The predicted octanol–water partition coefficient (Wildman–Crippen LogP) is 3.76. The summed E-state index contributed by atoms with van der Waals surface area (Å²) < 4.78 is 15.3. The van der Waals surface area contributed by atoms with Crippen LogP contribution in [0.2, 0.25) is 0 Å². The van der Waals surface area contributed by atoms with Crippen LogP contribution < -0.4 is 10.7 Å². The quantitative estimate of drug-likeness (QED) is 0.500. The van der Waals surface area contributed by atoms with Gasteiger partial charge in [-0.2, -0.15) is 5.10 Å². The molecule has 1 heterocycles. The monoisotopic (exact) mass is 406 g/mol. The molecular weight excluding hydrogens is 395 g/mol.